The van der Waals surface area contributed by atoms with E-state index in [1.165, 1.54) is 14.7 Å². The van der Waals surface area contributed by atoms with Crippen molar-refractivity contribution in [1.29, 1.82) is 0 Å². The van der Waals surface area contributed by atoms with Crippen molar-refractivity contribution < 1.29 is 10.0 Å². The summed E-state index contributed by atoms with van der Waals surface area (Å²) in [4.78, 5) is 13.8. The van der Waals surface area contributed by atoms with Crippen molar-refractivity contribution >= 4 is 28.5 Å². The molecule has 1 atom stereocenters. The van der Waals surface area contributed by atoms with Crippen LogP contribution < -0.4 is 10.8 Å². The van der Waals surface area contributed by atoms with E-state index in [-0.39, 0.29) is 18.5 Å². The van der Waals surface area contributed by atoms with Crippen LogP contribution in [0.1, 0.15) is 24.5 Å². The fourth-order valence-electron chi connectivity index (χ4n) is 2.82. The van der Waals surface area contributed by atoms with Gasteiger partial charge in [-0.15, -0.1) is 0 Å². The molecule has 0 unspecified atom stereocenters. The van der Waals surface area contributed by atoms with Gasteiger partial charge in [0.1, 0.15) is 0 Å². The second kappa shape index (κ2) is 8.07. The Morgan fingerprint density at radius 2 is 2.33 bits per heavy atom. The molecule has 1 aromatic carbocycles. The highest BCUT2D eigenvalue weighted by Gasteiger charge is 2.18. The summed E-state index contributed by atoms with van der Waals surface area (Å²) in [6.45, 7) is 4.73. The number of nitrogens with one attached hydrogen (secondary N) is 2. The maximum atomic E-state index is 11.5. The normalized spacial score (nSPS) is 16.9. The summed E-state index contributed by atoms with van der Waals surface area (Å²) in [5.41, 5.74) is 4.75. The van der Waals surface area contributed by atoms with Crippen LogP contribution in [-0.2, 0) is 17.8 Å². The van der Waals surface area contributed by atoms with Crippen LogP contribution in [0.25, 0.3) is 0 Å². The van der Waals surface area contributed by atoms with Gasteiger partial charge in [0.25, 0.3) is 0 Å². The Bertz CT molecular complexity index is 496. The van der Waals surface area contributed by atoms with E-state index in [2.05, 4.69) is 51.0 Å². The number of halogens is 1. The van der Waals surface area contributed by atoms with Crippen LogP contribution in [0.15, 0.2) is 18.2 Å². The Balaban J connectivity index is 1.94. The largest absolute Gasteiger partial charge is 0.351 e. The topological polar surface area (TPSA) is 64.6 Å². The zero-order valence-corrected chi connectivity index (χ0v) is 14.4. The van der Waals surface area contributed by atoms with E-state index in [0.29, 0.717) is 0 Å². The highest BCUT2D eigenvalue weighted by molar-refractivity contribution is 14.1. The molecule has 5 nitrogen and oxygen atoms in total. The minimum absolute atomic E-state index is 0.0641. The van der Waals surface area contributed by atoms with Crippen LogP contribution in [0.3, 0.4) is 0 Å². The quantitative estimate of drug-likeness (QED) is 0.516. The first-order valence-corrected chi connectivity index (χ1v) is 8.33. The molecule has 6 heteroatoms. The third-order valence-electron chi connectivity index (χ3n) is 3.69. The molecule has 0 radical (unpaired) electrons. The molecule has 0 saturated carbocycles. The van der Waals surface area contributed by atoms with Gasteiger partial charge in [-0.1, -0.05) is 12.1 Å². The van der Waals surface area contributed by atoms with Gasteiger partial charge < -0.3 is 10.5 Å². The Morgan fingerprint density at radius 3 is 3.10 bits per heavy atom. The fraction of sp³-hybridized carbons (Fsp3) is 0.533. The Labute approximate surface area is 139 Å². The summed E-state index contributed by atoms with van der Waals surface area (Å²) < 4.78 is 1.35. The van der Waals surface area contributed by atoms with Gasteiger partial charge in [0.05, 0.1) is 6.54 Å². The minimum Gasteiger partial charge on any atom is -0.351 e. The van der Waals surface area contributed by atoms with Gasteiger partial charge in [-0.3, -0.25) is 9.69 Å². The van der Waals surface area contributed by atoms with E-state index in [9.17, 15) is 4.79 Å². The molecule has 0 aliphatic carbocycles. The summed E-state index contributed by atoms with van der Waals surface area (Å²) in [6, 6.07) is 6.55. The Hall–Kier alpha value is -0.700. The van der Waals surface area contributed by atoms with Crippen molar-refractivity contribution in [2.24, 2.45) is 0 Å². The fourth-order valence-corrected chi connectivity index (χ4v) is 3.64. The van der Waals surface area contributed by atoms with Gasteiger partial charge in [0, 0.05) is 22.7 Å². The predicted octanol–water partition coefficient (Wildman–Crippen LogP) is 1.52. The molecule has 0 fully saturated rings. The summed E-state index contributed by atoms with van der Waals surface area (Å²) in [7, 11) is 0. The maximum Gasteiger partial charge on any atom is 0.236 e. The van der Waals surface area contributed by atoms with Crippen molar-refractivity contribution in [2.45, 2.75) is 32.4 Å². The predicted molar refractivity (Wildman–Crippen MR) is 90.2 cm³/mol. The second-order valence-electron chi connectivity index (χ2n) is 5.52. The number of rotatable bonds is 5. The molecule has 1 aromatic rings. The van der Waals surface area contributed by atoms with Crippen LogP contribution >= 0.6 is 22.6 Å². The first-order valence-electron chi connectivity index (χ1n) is 7.25. The number of carbonyl (C=O) groups is 1. The molecule has 1 amide bonds. The van der Waals surface area contributed by atoms with E-state index >= 15 is 0 Å². The van der Waals surface area contributed by atoms with Crippen molar-refractivity contribution in [3.63, 3.8) is 0 Å². The van der Waals surface area contributed by atoms with Gasteiger partial charge in [0.2, 0.25) is 5.91 Å². The summed E-state index contributed by atoms with van der Waals surface area (Å²) in [5, 5.41) is 11.4. The molecule has 2 rings (SSSR count). The van der Waals surface area contributed by atoms with Crippen molar-refractivity contribution in [1.82, 2.24) is 15.7 Å². The number of amides is 1. The van der Waals surface area contributed by atoms with Crippen LogP contribution in [0.2, 0.25) is 0 Å². The van der Waals surface area contributed by atoms with Crippen LogP contribution in [-0.4, -0.2) is 41.7 Å². The maximum absolute atomic E-state index is 11.5. The van der Waals surface area contributed by atoms with Crippen molar-refractivity contribution in [3.05, 3.63) is 32.9 Å². The first-order chi connectivity index (χ1) is 10.1. The van der Waals surface area contributed by atoms with Gasteiger partial charge in [-0.2, -0.15) is 5.48 Å². The van der Waals surface area contributed by atoms with Crippen LogP contribution in [0.5, 0.6) is 0 Å². The third-order valence-corrected chi connectivity index (χ3v) is 4.70. The number of hydrogen-bond acceptors (Lipinski definition) is 4. The zero-order valence-electron chi connectivity index (χ0n) is 12.2. The van der Waals surface area contributed by atoms with Gasteiger partial charge in [0.15, 0.2) is 0 Å². The molecule has 0 aromatic heterocycles. The van der Waals surface area contributed by atoms with Gasteiger partial charge >= 0.3 is 0 Å². The lowest BCUT2D eigenvalue weighted by molar-refractivity contribution is -0.122. The number of nitrogens with zero attached hydrogens (tertiary/aromatic N) is 1. The molecular weight excluding hydrogens is 381 g/mol. The smallest absolute Gasteiger partial charge is 0.236 e. The van der Waals surface area contributed by atoms with E-state index in [4.69, 9.17) is 5.21 Å². The van der Waals surface area contributed by atoms with E-state index < -0.39 is 0 Å². The number of benzene rings is 1. The molecule has 0 saturated heterocycles. The summed E-state index contributed by atoms with van der Waals surface area (Å²) >= 11 is 2.41. The Morgan fingerprint density at radius 1 is 1.52 bits per heavy atom. The third kappa shape index (κ3) is 4.91. The summed E-state index contributed by atoms with van der Waals surface area (Å²) in [5.74, 6) is -0.185. The molecule has 1 heterocycles. The monoisotopic (exact) mass is 403 g/mol. The van der Waals surface area contributed by atoms with E-state index in [1.807, 2.05) is 12.4 Å². The van der Waals surface area contributed by atoms with Crippen molar-refractivity contribution in [2.75, 3.05) is 19.6 Å². The lowest BCUT2D eigenvalue weighted by Crippen LogP contribution is -2.44. The molecule has 1 aliphatic heterocycles. The molecule has 21 heavy (non-hydrogen) atoms. The van der Waals surface area contributed by atoms with Crippen molar-refractivity contribution in [3.8, 4) is 0 Å². The number of hydroxylamine groups is 1. The molecule has 0 bridgehead atoms. The number of fused-ring (bicyclic) bond motifs is 1. The molecule has 3 N–H and O–H groups in total. The van der Waals surface area contributed by atoms with E-state index in [1.54, 1.807) is 0 Å². The van der Waals surface area contributed by atoms with Gasteiger partial charge in [-0.05, 0) is 66.1 Å². The number of carbonyl (C=O) groups excluding carboxylic acids is 1. The average Bonchev–Trinajstić information content (AvgIpc) is 2.61. The average molecular weight is 403 g/mol. The van der Waals surface area contributed by atoms with Crippen LogP contribution in [0, 0.1) is 3.57 Å². The minimum atomic E-state index is -0.185. The van der Waals surface area contributed by atoms with E-state index in [0.717, 1.165) is 32.5 Å². The molecule has 0 spiro atoms. The SMILES string of the molecule is C[C@@H](CN1CCCc2c(I)cccc2C1)NC(=O)CNO. The lowest BCUT2D eigenvalue weighted by Gasteiger charge is -2.25. The Kier molecular flexibility index (Phi) is 6.40. The van der Waals surface area contributed by atoms with Crippen LogP contribution in [0.4, 0.5) is 0 Å². The highest BCUT2D eigenvalue weighted by Crippen LogP contribution is 2.23. The molecule has 1 aliphatic rings. The highest BCUT2D eigenvalue weighted by atomic mass is 127. The summed E-state index contributed by atoms with van der Waals surface area (Å²) in [6.07, 6.45) is 2.27. The second-order valence-corrected chi connectivity index (χ2v) is 6.68. The number of hydrogen-bond donors (Lipinski definition) is 3. The zero-order chi connectivity index (χ0) is 15.2. The molecule has 116 valence electrons. The lowest BCUT2D eigenvalue weighted by atomic mass is 10.0. The standard InChI is InChI=1S/C15H22IN3O2/c1-11(18-15(20)8-17-21)9-19-7-3-5-13-12(10-19)4-2-6-14(13)16/h2,4,6,11,17,21H,3,5,7-10H2,1H3,(H,18,20)/t11-/m0/s1. The first kappa shape index (κ1) is 16.7. The molecular formula is C15H22IN3O2. The van der Waals surface area contributed by atoms with Gasteiger partial charge in [-0.25, -0.2) is 0 Å².